The van der Waals surface area contributed by atoms with Crippen LogP contribution in [0.15, 0.2) is 18.2 Å². The van der Waals surface area contributed by atoms with Gasteiger partial charge in [0, 0.05) is 13.1 Å². The second-order valence-corrected chi connectivity index (χ2v) is 5.06. The third-order valence-corrected chi connectivity index (χ3v) is 3.55. The van der Waals surface area contributed by atoms with Crippen LogP contribution in [0.25, 0.3) is 5.76 Å². The molecule has 0 radical (unpaired) electrons. The summed E-state index contributed by atoms with van der Waals surface area (Å²) in [6.07, 6.45) is -0.0514. The zero-order valence-corrected chi connectivity index (χ0v) is 12.4. The van der Waals surface area contributed by atoms with E-state index < -0.39 is 0 Å². The van der Waals surface area contributed by atoms with E-state index in [2.05, 4.69) is 15.1 Å². The summed E-state index contributed by atoms with van der Waals surface area (Å²) >= 11 is 0. The van der Waals surface area contributed by atoms with Crippen molar-refractivity contribution < 1.29 is 9.53 Å². The third-order valence-electron chi connectivity index (χ3n) is 3.55. The van der Waals surface area contributed by atoms with Crippen LogP contribution in [-0.4, -0.2) is 58.3 Å². The minimum atomic E-state index is -0.0514. The van der Waals surface area contributed by atoms with Crippen LogP contribution in [-0.2, 0) is 9.53 Å². The van der Waals surface area contributed by atoms with E-state index in [9.17, 15) is 4.79 Å². The molecule has 1 N–H and O–H groups in total. The van der Waals surface area contributed by atoms with Gasteiger partial charge in [-0.05, 0) is 33.3 Å². The van der Waals surface area contributed by atoms with E-state index in [1.54, 1.807) is 13.2 Å². The number of nitrogens with zero attached hydrogens (tertiary/aromatic N) is 2. The molecule has 5 heteroatoms. The summed E-state index contributed by atoms with van der Waals surface area (Å²) in [5.41, 5.74) is 1.02. The Labute approximate surface area is 119 Å². The molecule has 1 aromatic rings. The summed E-state index contributed by atoms with van der Waals surface area (Å²) in [4.78, 5) is 15.5. The fourth-order valence-corrected chi connectivity index (χ4v) is 2.60. The van der Waals surface area contributed by atoms with Gasteiger partial charge in [-0.15, -0.1) is 0 Å². The van der Waals surface area contributed by atoms with E-state index in [1.807, 2.05) is 39.2 Å². The van der Waals surface area contributed by atoms with Crippen molar-refractivity contribution in [2.24, 2.45) is 0 Å². The van der Waals surface area contributed by atoms with Gasteiger partial charge in [0.15, 0.2) is 0 Å². The van der Waals surface area contributed by atoms with Crippen LogP contribution in [0.3, 0.4) is 0 Å². The smallest absolute Gasteiger partial charge is 0.143 e. The van der Waals surface area contributed by atoms with E-state index >= 15 is 0 Å². The summed E-state index contributed by atoms with van der Waals surface area (Å²) in [5.74, 6) is 2.78. The predicted octanol–water partition coefficient (Wildman–Crippen LogP) is -1.13. The first-order valence-corrected chi connectivity index (χ1v) is 6.65. The van der Waals surface area contributed by atoms with Gasteiger partial charge in [-0.25, -0.2) is 4.79 Å². The van der Waals surface area contributed by atoms with Crippen molar-refractivity contribution >= 4 is 17.4 Å². The first kappa shape index (κ1) is 14.6. The molecule has 0 saturated heterocycles. The van der Waals surface area contributed by atoms with Gasteiger partial charge in [0.25, 0.3) is 0 Å². The number of carbonyl (C=O) groups excluding carboxylic acids is 1. The number of methoxy groups -OCH3 is 1. The molecule has 0 amide bonds. The number of nitrogens with one attached hydrogen (secondary N) is 1. The number of rotatable bonds is 5. The van der Waals surface area contributed by atoms with Gasteiger partial charge < -0.3 is 14.5 Å². The topological polar surface area (TPSA) is 44.8 Å². The van der Waals surface area contributed by atoms with Gasteiger partial charge in [-0.3, -0.25) is 5.32 Å². The molecule has 2 rings (SSSR count). The van der Waals surface area contributed by atoms with Gasteiger partial charge in [-0.1, -0.05) is 6.07 Å². The SMILES string of the molecule is CNC1C(OC)=c2c(cccc2=C=O)N1CCN(C)C. The van der Waals surface area contributed by atoms with E-state index in [0.29, 0.717) is 5.22 Å². The molecule has 0 fully saturated rings. The number of anilines is 1. The van der Waals surface area contributed by atoms with Crippen molar-refractivity contribution in [1.82, 2.24) is 10.2 Å². The van der Waals surface area contributed by atoms with Crippen molar-refractivity contribution in [3.05, 3.63) is 28.6 Å². The molecule has 0 aliphatic carbocycles. The van der Waals surface area contributed by atoms with Gasteiger partial charge in [0.2, 0.25) is 0 Å². The molecular weight excluding hydrogens is 254 g/mol. The van der Waals surface area contributed by atoms with Crippen molar-refractivity contribution in [2.75, 3.05) is 46.2 Å². The maximum atomic E-state index is 11.2. The number of hydrogen-bond acceptors (Lipinski definition) is 5. The largest absolute Gasteiger partial charge is 0.497 e. The minimum Gasteiger partial charge on any atom is -0.497 e. The highest BCUT2D eigenvalue weighted by Crippen LogP contribution is 2.22. The average molecular weight is 275 g/mol. The highest BCUT2D eigenvalue weighted by molar-refractivity contribution is 5.70. The Balaban J connectivity index is 2.56. The normalized spacial score (nSPS) is 17.4. The van der Waals surface area contributed by atoms with E-state index in [-0.39, 0.29) is 6.17 Å². The molecule has 1 heterocycles. The summed E-state index contributed by atoms with van der Waals surface area (Å²) in [5, 5.41) is 4.65. The number of ether oxygens (including phenoxy) is 1. The Morgan fingerprint density at radius 2 is 2.20 bits per heavy atom. The zero-order chi connectivity index (χ0) is 14.7. The molecule has 5 nitrogen and oxygen atoms in total. The Bertz CT molecular complexity index is 620. The Hall–Kier alpha value is -1.81. The fourth-order valence-electron chi connectivity index (χ4n) is 2.60. The third kappa shape index (κ3) is 2.43. The maximum Gasteiger partial charge on any atom is 0.143 e. The molecule has 0 spiro atoms. The summed E-state index contributed by atoms with van der Waals surface area (Å²) in [7, 11) is 7.62. The molecule has 108 valence electrons. The first-order valence-electron chi connectivity index (χ1n) is 6.65. The number of benzene rings is 1. The monoisotopic (exact) mass is 275 g/mol. The molecule has 1 atom stereocenters. The molecule has 0 bridgehead atoms. The van der Waals surface area contributed by atoms with Crippen LogP contribution >= 0.6 is 0 Å². The quantitative estimate of drug-likeness (QED) is 0.737. The average Bonchev–Trinajstić information content (AvgIpc) is 2.77. The van der Waals surface area contributed by atoms with Crippen LogP contribution in [0, 0.1) is 0 Å². The number of likely N-dealkylation sites (N-methyl/N-ethyl adjacent to an activating group) is 2. The standard InChI is InChI=1S/C15H21N3O2/c1-16-15-14(20-4)13-11(10-19)6-5-7-12(13)18(15)9-8-17(2)3/h5-7,15-16H,8-9H2,1-4H3. The van der Waals surface area contributed by atoms with Crippen LogP contribution in [0.5, 0.6) is 0 Å². The number of fused-ring (bicyclic) bond motifs is 1. The summed E-state index contributed by atoms with van der Waals surface area (Å²) in [6.45, 7) is 1.77. The summed E-state index contributed by atoms with van der Waals surface area (Å²) < 4.78 is 5.54. The number of hydrogen-bond donors (Lipinski definition) is 1. The van der Waals surface area contributed by atoms with E-state index in [0.717, 1.165) is 29.8 Å². The second-order valence-electron chi connectivity index (χ2n) is 5.06. The molecule has 1 aliphatic heterocycles. The fraction of sp³-hybridized carbons (Fsp3) is 0.467. The molecule has 1 aliphatic rings. The van der Waals surface area contributed by atoms with Gasteiger partial charge in [0.05, 0.1) is 23.2 Å². The maximum absolute atomic E-state index is 11.2. The molecule has 0 saturated carbocycles. The van der Waals surface area contributed by atoms with Crippen molar-refractivity contribution in [3.8, 4) is 0 Å². The lowest BCUT2D eigenvalue weighted by atomic mass is 10.2. The van der Waals surface area contributed by atoms with Crippen molar-refractivity contribution in [1.29, 1.82) is 0 Å². The van der Waals surface area contributed by atoms with Crippen molar-refractivity contribution in [2.45, 2.75) is 6.17 Å². The molecule has 1 unspecified atom stereocenters. The van der Waals surface area contributed by atoms with Crippen LogP contribution in [0.2, 0.25) is 0 Å². The molecule has 20 heavy (non-hydrogen) atoms. The minimum absolute atomic E-state index is 0.0514. The Morgan fingerprint density at radius 3 is 2.75 bits per heavy atom. The van der Waals surface area contributed by atoms with Crippen molar-refractivity contribution in [3.63, 3.8) is 0 Å². The first-order chi connectivity index (χ1) is 9.63. The van der Waals surface area contributed by atoms with Crippen LogP contribution < -0.4 is 20.7 Å². The predicted molar refractivity (Wildman–Crippen MR) is 79.7 cm³/mol. The second kappa shape index (κ2) is 6.09. The lowest BCUT2D eigenvalue weighted by Gasteiger charge is -2.29. The molecule has 0 aromatic heterocycles. The Kier molecular flexibility index (Phi) is 4.45. The zero-order valence-electron chi connectivity index (χ0n) is 12.4. The lowest BCUT2D eigenvalue weighted by molar-refractivity contribution is 0.326. The van der Waals surface area contributed by atoms with Gasteiger partial charge in [0.1, 0.15) is 17.9 Å². The van der Waals surface area contributed by atoms with Crippen LogP contribution in [0.4, 0.5) is 5.69 Å². The molecular formula is C15H21N3O2. The highest BCUT2D eigenvalue weighted by atomic mass is 16.5. The lowest BCUT2D eigenvalue weighted by Crippen LogP contribution is -2.45. The van der Waals surface area contributed by atoms with Gasteiger partial charge in [-0.2, -0.15) is 0 Å². The van der Waals surface area contributed by atoms with E-state index in [1.165, 1.54) is 0 Å². The van der Waals surface area contributed by atoms with Gasteiger partial charge >= 0.3 is 0 Å². The molecule has 1 aromatic carbocycles. The van der Waals surface area contributed by atoms with E-state index in [4.69, 9.17) is 4.74 Å². The highest BCUT2D eigenvalue weighted by Gasteiger charge is 2.31. The van der Waals surface area contributed by atoms with Crippen LogP contribution in [0.1, 0.15) is 0 Å². The Morgan fingerprint density at radius 1 is 1.45 bits per heavy atom. The summed E-state index contributed by atoms with van der Waals surface area (Å²) in [6, 6.07) is 5.67.